The van der Waals surface area contributed by atoms with Gasteiger partial charge in [-0.2, -0.15) is 0 Å². The van der Waals surface area contributed by atoms with E-state index in [9.17, 15) is 19.2 Å². The highest BCUT2D eigenvalue weighted by molar-refractivity contribution is 7.12. The second kappa shape index (κ2) is 8.98. The maximum absolute atomic E-state index is 12.9. The van der Waals surface area contributed by atoms with Gasteiger partial charge in [0, 0.05) is 12.0 Å². The van der Waals surface area contributed by atoms with Crippen molar-refractivity contribution < 1.29 is 28.7 Å². The van der Waals surface area contributed by atoms with Gasteiger partial charge in [0.05, 0.1) is 19.2 Å². The number of nitrogens with one attached hydrogen (secondary N) is 2. The molecule has 1 aromatic rings. The summed E-state index contributed by atoms with van der Waals surface area (Å²) in [7, 11) is 1.26. The van der Waals surface area contributed by atoms with E-state index in [1.54, 1.807) is 11.4 Å². The Morgan fingerprint density at radius 3 is 2.35 bits per heavy atom. The molecule has 4 aliphatic rings. The van der Waals surface area contributed by atoms with Crippen molar-refractivity contribution in [2.24, 2.45) is 23.2 Å². The topological polar surface area (TPSA) is 111 Å². The molecule has 2 amide bonds. The van der Waals surface area contributed by atoms with Crippen LogP contribution in [-0.2, 0) is 23.9 Å². The molecular formula is C22H28N2O6S. The highest BCUT2D eigenvalue weighted by Gasteiger charge is 2.54. The van der Waals surface area contributed by atoms with Crippen molar-refractivity contribution in [2.45, 2.75) is 44.9 Å². The van der Waals surface area contributed by atoms with Crippen molar-refractivity contribution in [2.75, 3.05) is 25.6 Å². The molecule has 8 nitrogen and oxygen atoms in total. The van der Waals surface area contributed by atoms with E-state index in [4.69, 9.17) is 4.74 Å². The van der Waals surface area contributed by atoms with Crippen molar-refractivity contribution >= 4 is 40.8 Å². The summed E-state index contributed by atoms with van der Waals surface area (Å²) in [6, 6.07) is 1.58. The average molecular weight is 449 g/mol. The first-order valence-corrected chi connectivity index (χ1v) is 11.7. The van der Waals surface area contributed by atoms with Gasteiger partial charge in [-0.15, -0.1) is 11.3 Å². The normalized spacial score (nSPS) is 28.1. The lowest BCUT2D eigenvalue weighted by Gasteiger charge is -2.55. The Kier molecular flexibility index (Phi) is 6.31. The maximum Gasteiger partial charge on any atom is 0.350 e. The molecule has 4 bridgehead atoms. The van der Waals surface area contributed by atoms with E-state index >= 15 is 0 Å². The van der Waals surface area contributed by atoms with Crippen LogP contribution >= 0.6 is 11.3 Å². The number of ether oxygens (including phenoxy) is 2. The lowest BCUT2D eigenvalue weighted by Crippen LogP contribution is -2.53. The third-order valence-electron chi connectivity index (χ3n) is 6.81. The number of esters is 2. The summed E-state index contributed by atoms with van der Waals surface area (Å²) in [5, 5.41) is 7.12. The van der Waals surface area contributed by atoms with Crippen LogP contribution in [0, 0.1) is 23.2 Å². The Bertz CT molecular complexity index is 844. The van der Waals surface area contributed by atoms with Gasteiger partial charge in [0.1, 0.15) is 4.88 Å². The number of amides is 2. The van der Waals surface area contributed by atoms with E-state index in [2.05, 4.69) is 15.4 Å². The van der Waals surface area contributed by atoms with Gasteiger partial charge in [-0.3, -0.25) is 14.4 Å². The summed E-state index contributed by atoms with van der Waals surface area (Å²) in [4.78, 5) is 48.8. The lowest BCUT2D eigenvalue weighted by molar-refractivity contribution is -0.148. The van der Waals surface area contributed by atoms with Crippen molar-refractivity contribution in [3.63, 3.8) is 0 Å². The highest BCUT2D eigenvalue weighted by Crippen LogP contribution is 2.60. The number of anilines is 1. The first-order valence-electron chi connectivity index (χ1n) is 10.8. The number of carbonyl (C=O) groups excluding carboxylic acids is 4. The number of hydrogen-bond acceptors (Lipinski definition) is 7. The summed E-state index contributed by atoms with van der Waals surface area (Å²) < 4.78 is 9.65. The highest BCUT2D eigenvalue weighted by atomic mass is 32.1. The molecule has 0 aromatic carbocycles. The molecule has 4 aliphatic carbocycles. The van der Waals surface area contributed by atoms with E-state index in [-0.39, 0.29) is 29.2 Å². The zero-order chi connectivity index (χ0) is 22.0. The van der Waals surface area contributed by atoms with Gasteiger partial charge in [0.2, 0.25) is 5.91 Å². The first kappa shape index (κ1) is 21.8. The molecule has 9 heteroatoms. The van der Waals surface area contributed by atoms with Crippen LogP contribution in [0.5, 0.6) is 0 Å². The lowest BCUT2D eigenvalue weighted by atomic mass is 9.49. The largest absolute Gasteiger partial charge is 0.465 e. The van der Waals surface area contributed by atoms with Crippen molar-refractivity contribution in [3.05, 3.63) is 16.3 Å². The molecule has 0 atom stereocenters. The Labute approximate surface area is 185 Å². The van der Waals surface area contributed by atoms with E-state index in [0.29, 0.717) is 23.4 Å². The molecule has 168 valence electrons. The molecule has 0 radical (unpaired) electrons. The Hall–Kier alpha value is -2.42. The van der Waals surface area contributed by atoms with E-state index < -0.39 is 24.5 Å². The fraction of sp³-hybridized carbons (Fsp3) is 0.636. The van der Waals surface area contributed by atoms with Crippen LogP contribution in [0.15, 0.2) is 11.4 Å². The minimum atomic E-state index is -0.556. The van der Waals surface area contributed by atoms with Gasteiger partial charge in [0.25, 0.3) is 5.91 Å². The van der Waals surface area contributed by atoms with E-state index in [1.165, 1.54) is 26.4 Å². The van der Waals surface area contributed by atoms with Gasteiger partial charge in [0.15, 0.2) is 6.61 Å². The minimum Gasteiger partial charge on any atom is -0.465 e. The Balaban J connectivity index is 1.17. The van der Waals surface area contributed by atoms with Crippen LogP contribution in [0.3, 0.4) is 0 Å². The predicted octanol–water partition coefficient (Wildman–Crippen LogP) is 2.74. The minimum absolute atomic E-state index is 0.0112. The van der Waals surface area contributed by atoms with Crippen molar-refractivity contribution in [1.82, 2.24) is 5.32 Å². The number of thiophene rings is 1. The van der Waals surface area contributed by atoms with Gasteiger partial charge in [-0.05, 0) is 67.7 Å². The SMILES string of the molecule is COC(=O)c1sccc1NC(=O)COC(=O)CCNC(=O)C12CC3CC(CC(C3)C1)C2. The number of hydrogen-bond donors (Lipinski definition) is 2. The molecule has 5 rings (SSSR count). The quantitative estimate of drug-likeness (QED) is 0.592. The smallest absolute Gasteiger partial charge is 0.350 e. The van der Waals surface area contributed by atoms with Gasteiger partial charge >= 0.3 is 11.9 Å². The number of rotatable bonds is 8. The molecule has 4 fully saturated rings. The summed E-state index contributed by atoms with van der Waals surface area (Å²) >= 11 is 1.15. The number of methoxy groups -OCH3 is 1. The zero-order valence-electron chi connectivity index (χ0n) is 17.6. The first-order chi connectivity index (χ1) is 14.9. The standard InChI is InChI=1S/C22H28N2O6S/c1-29-20(27)19-16(3-5-31-19)24-17(25)12-30-18(26)2-4-23-21(28)22-9-13-6-14(10-22)8-15(7-13)11-22/h3,5,13-15H,2,4,6-12H2,1H3,(H,23,28)(H,24,25). The fourth-order valence-electron chi connectivity index (χ4n) is 5.92. The summed E-state index contributed by atoms with van der Waals surface area (Å²) in [6.07, 6.45) is 6.76. The molecule has 0 saturated heterocycles. The van der Waals surface area contributed by atoms with Crippen LogP contribution in [0.4, 0.5) is 5.69 Å². The molecule has 1 heterocycles. The molecule has 1 aromatic heterocycles. The maximum atomic E-state index is 12.9. The van der Waals surface area contributed by atoms with Gasteiger partial charge in [-0.1, -0.05) is 0 Å². The predicted molar refractivity (Wildman–Crippen MR) is 113 cm³/mol. The molecule has 4 saturated carbocycles. The van der Waals surface area contributed by atoms with Crippen LogP contribution in [0.2, 0.25) is 0 Å². The fourth-order valence-corrected chi connectivity index (χ4v) is 6.68. The van der Waals surface area contributed by atoms with Crippen molar-refractivity contribution in [1.29, 1.82) is 0 Å². The molecule has 0 spiro atoms. The Morgan fingerprint density at radius 1 is 1.10 bits per heavy atom. The van der Waals surface area contributed by atoms with Crippen LogP contribution in [0.25, 0.3) is 0 Å². The molecule has 0 aliphatic heterocycles. The van der Waals surface area contributed by atoms with E-state index in [0.717, 1.165) is 30.6 Å². The number of carbonyl (C=O) groups is 4. The van der Waals surface area contributed by atoms with Crippen LogP contribution < -0.4 is 10.6 Å². The second-order valence-electron chi connectivity index (χ2n) is 9.07. The Morgan fingerprint density at radius 2 is 1.74 bits per heavy atom. The van der Waals surface area contributed by atoms with Gasteiger partial charge < -0.3 is 20.1 Å². The summed E-state index contributed by atoms with van der Waals surface area (Å²) in [6.45, 7) is -0.254. The summed E-state index contributed by atoms with van der Waals surface area (Å²) in [5.41, 5.74) is 0.0805. The molecule has 2 N–H and O–H groups in total. The molecule has 0 unspecified atom stereocenters. The zero-order valence-corrected chi connectivity index (χ0v) is 18.4. The van der Waals surface area contributed by atoms with Crippen LogP contribution in [-0.4, -0.2) is 44.0 Å². The monoisotopic (exact) mass is 448 g/mol. The molecule has 31 heavy (non-hydrogen) atoms. The second-order valence-corrected chi connectivity index (χ2v) is 9.98. The van der Waals surface area contributed by atoms with Crippen LogP contribution in [0.1, 0.15) is 54.6 Å². The summed E-state index contributed by atoms with van der Waals surface area (Å²) in [5.74, 6) is 0.478. The third kappa shape index (κ3) is 4.76. The van der Waals surface area contributed by atoms with Crippen molar-refractivity contribution in [3.8, 4) is 0 Å². The molecular weight excluding hydrogens is 420 g/mol. The van der Waals surface area contributed by atoms with E-state index in [1.807, 2.05) is 0 Å². The van der Waals surface area contributed by atoms with Gasteiger partial charge in [-0.25, -0.2) is 4.79 Å². The average Bonchev–Trinajstić information content (AvgIpc) is 3.18. The third-order valence-corrected chi connectivity index (χ3v) is 7.70.